The first kappa shape index (κ1) is 28.4. The Morgan fingerprint density at radius 3 is 2.64 bits per heavy atom. The molecule has 0 bridgehead atoms. The molecule has 1 aliphatic heterocycles. The number of alkyl halides is 4. The van der Waals surface area contributed by atoms with Gasteiger partial charge in [0.2, 0.25) is 0 Å². The van der Waals surface area contributed by atoms with Gasteiger partial charge in [0.25, 0.3) is 0 Å². The molecule has 206 valence electrons. The second kappa shape index (κ2) is 12.5. The van der Waals surface area contributed by atoms with E-state index >= 15 is 4.39 Å². The molecule has 0 radical (unpaired) electrons. The summed E-state index contributed by atoms with van der Waals surface area (Å²) in [5.74, 6) is 5.50. The third-order valence-corrected chi connectivity index (χ3v) is 7.27. The van der Waals surface area contributed by atoms with Crippen molar-refractivity contribution in [3.63, 3.8) is 0 Å². The van der Waals surface area contributed by atoms with Gasteiger partial charge in [0.1, 0.15) is 11.9 Å². The summed E-state index contributed by atoms with van der Waals surface area (Å²) < 4.78 is 59.0. The summed E-state index contributed by atoms with van der Waals surface area (Å²) in [4.78, 5) is 17.9. The predicted molar refractivity (Wildman–Crippen MR) is 140 cm³/mol. The molecule has 4 rings (SSSR count). The molecule has 3 aromatic rings. The molecule has 2 heterocycles. The highest BCUT2D eigenvalue weighted by molar-refractivity contribution is 5.83. The minimum atomic E-state index is -4.39. The zero-order valence-corrected chi connectivity index (χ0v) is 21.5. The van der Waals surface area contributed by atoms with Gasteiger partial charge in [-0.05, 0) is 91.7 Å². The molecule has 1 saturated heterocycles. The van der Waals surface area contributed by atoms with Gasteiger partial charge in [-0.15, -0.1) is 0 Å². The molecule has 0 aliphatic carbocycles. The summed E-state index contributed by atoms with van der Waals surface area (Å²) in [5.41, 5.74) is 0.990. The maximum absolute atomic E-state index is 15.5. The normalized spacial score (nSPS) is 18.8. The van der Waals surface area contributed by atoms with E-state index in [0.29, 0.717) is 53.8 Å². The number of ether oxygens (including phenoxy) is 1. The number of carboxylic acid groups (broad SMARTS) is 1. The van der Waals surface area contributed by atoms with Crippen LogP contribution in [0, 0.1) is 23.7 Å². The number of piperidine rings is 1. The molecule has 5 nitrogen and oxygen atoms in total. The van der Waals surface area contributed by atoms with Gasteiger partial charge in [-0.3, -0.25) is 14.7 Å². The zero-order valence-electron chi connectivity index (χ0n) is 21.5. The van der Waals surface area contributed by atoms with Gasteiger partial charge in [-0.1, -0.05) is 11.8 Å². The minimum Gasteiger partial charge on any atom is -0.497 e. The maximum Gasteiger partial charge on any atom is 0.416 e. The zero-order chi connectivity index (χ0) is 28.0. The first-order valence-electron chi connectivity index (χ1n) is 12.8. The Morgan fingerprint density at radius 1 is 1.18 bits per heavy atom. The number of hydrogen-bond acceptors (Lipinski definition) is 4. The van der Waals surface area contributed by atoms with Crippen LogP contribution in [0.3, 0.4) is 0 Å². The van der Waals surface area contributed by atoms with E-state index in [0.717, 1.165) is 18.6 Å². The number of nitrogens with zero attached hydrogens (tertiary/aromatic N) is 2. The smallest absolute Gasteiger partial charge is 0.416 e. The van der Waals surface area contributed by atoms with Crippen LogP contribution < -0.4 is 4.74 Å². The number of aromatic nitrogens is 1. The van der Waals surface area contributed by atoms with Crippen LogP contribution in [-0.4, -0.2) is 47.7 Å². The van der Waals surface area contributed by atoms with Gasteiger partial charge in [-0.25, -0.2) is 4.39 Å². The highest BCUT2D eigenvalue weighted by Crippen LogP contribution is 2.36. The second-order valence-electron chi connectivity index (χ2n) is 9.85. The molecular formula is C30H30F4N2O3. The molecule has 3 atom stereocenters. The van der Waals surface area contributed by atoms with Gasteiger partial charge >= 0.3 is 12.1 Å². The molecule has 1 fully saturated rings. The van der Waals surface area contributed by atoms with Crippen LogP contribution in [0.5, 0.6) is 5.75 Å². The highest BCUT2D eigenvalue weighted by Gasteiger charge is 2.32. The summed E-state index contributed by atoms with van der Waals surface area (Å²) in [6.45, 7) is 1.58. The van der Waals surface area contributed by atoms with Gasteiger partial charge in [-0.2, -0.15) is 13.2 Å². The van der Waals surface area contributed by atoms with Crippen LogP contribution >= 0.6 is 0 Å². The van der Waals surface area contributed by atoms with Crippen molar-refractivity contribution in [2.24, 2.45) is 11.8 Å². The topological polar surface area (TPSA) is 62.7 Å². The fourth-order valence-electron chi connectivity index (χ4n) is 5.19. The van der Waals surface area contributed by atoms with Crippen molar-refractivity contribution in [1.29, 1.82) is 0 Å². The monoisotopic (exact) mass is 542 g/mol. The molecule has 0 amide bonds. The average Bonchev–Trinajstić information content (AvgIpc) is 2.91. The van der Waals surface area contributed by atoms with Crippen LogP contribution in [0.1, 0.15) is 48.5 Å². The van der Waals surface area contributed by atoms with E-state index in [4.69, 9.17) is 4.74 Å². The standard InChI is InChI=1S/C30H30F4N2O3/c1-39-24-9-11-28-26(18-24)25(12-14-35-28)27(31)10-6-21-13-16-36(19-22(21)17-29(37)38)15-2-3-20-4-7-23(8-5-20)30(32,33)34/h4-5,7-9,11-12,14,18,21-22,27H,6,10,13,15-17,19H2,1H3,(H,37,38)/t21-,22+,27+/m1/s1. The van der Waals surface area contributed by atoms with Crippen molar-refractivity contribution in [1.82, 2.24) is 9.88 Å². The summed E-state index contributed by atoms with van der Waals surface area (Å²) in [6, 6.07) is 11.7. The maximum atomic E-state index is 15.5. The van der Waals surface area contributed by atoms with Gasteiger partial charge < -0.3 is 9.84 Å². The van der Waals surface area contributed by atoms with Gasteiger partial charge in [0.15, 0.2) is 0 Å². The fraction of sp³-hybridized carbons (Fsp3) is 0.400. The Bertz CT molecular complexity index is 1350. The van der Waals surface area contributed by atoms with E-state index in [2.05, 4.69) is 21.7 Å². The number of pyridine rings is 1. The summed E-state index contributed by atoms with van der Waals surface area (Å²) in [5, 5.41) is 10.2. The van der Waals surface area contributed by atoms with Gasteiger partial charge in [0.05, 0.1) is 24.7 Å². The molecule has 9 heteroatoms. The predicted octanol–water partition coefficient (Wildman–Crippen LogP) is 6.52. The van der Waals surface area contributed by atoms with E-state index in [9.17, 15) is 23.1 Å². The molecule has 1 aliphatic rings. The lowest BCUT2D eigenvalue weighted by atomic mass is 9.79. The fourth-order valence-corrected chi connectivity index (χ4v) is 5.19. The number of carbonyl (C=O) groups is 1. The Balaban J connectivity index is 1.37. The number of benzene rings is 2. The molecule has 1 N–H and O–H groups in total. The lowest BCUT2D eigenvalue weighted by Crippen LogP contribution is -2.41. The van der Waals surface area contributed by atoms with E-state index in [-0.39, 0.29) is 24.7 Å². The van der Waals surface area contributed by atoms with Gasteiger partial charge in [0, 0.05) is 30.1 Å². The molecule has 39 heavy (non-hydrogen) atoms. The Hall–Kier alpha value is -3.64. The largest absolute Gasteiger partial charge is 0.497 e. The van der Waals surface area contributed by atoms with E-state index in [1.54, 1.807) is 37.6 Å². The molecule has 1 aromatic heterocycles. The van der Waals surface area contributed by atoms with Crippen LogP contribution in [0.15, 0.2) is 54.7 Å². The third-order valence-electron chi connectivity index (χ3n) is 7.27. The van der Waals surface area contributed by atoms with Crippen molar-refractivity contribution in [2.45, 2.75) is 38.0 Å². The number of aliphatic carboxylic acids is 1. The molecule has 0 saturated carbocycles. The SMILES string of the molecule is COc1ccc2nccc([C@@H](F)CC[C@@H]3CCN(CC#Cc4ccc(C(F)(F)F)cc4)C[C@@H]3CC(=O)O)c2c1. The number of carboxylic acids is 1. The molecule has 0 spiro atoms. The Labute approximate surface area is 224 Å². The summed E-state index contributed by atoms with van der Waals surface area (Å²) in [6.07, 6.45) is -2.49. The van der Waals surface area contributed by atoms with Crippen LogP contribution in [0.25, 0.3) is 10.9 Å². The average molecular weight is 543 g/mol. The van der Waals surface area contributed by atoms with Crippen LogP contribution in [-0.2, 0) is 11.0 Å². The number of hydrogen-bond donors (Lipinski definition) is 1. The number of halogens is 4. The lowest BCUT2D eigenvalue weighted by Gasteiger charge is -2.37. The molecular weight excluding hydrogens is 512 g/mol. The summed E-state index contributed by atoms with van der Waals surface area (Å²) in [7, 11) is 1.55. The number of fused-ring (bicyclic) bond motifs is 1. The van der Waals surface area contributed by atoms with Crippen molar-refractivity contribution in [2.75, 3.05) is 26.7 Å². The van der Waals surface area contributed by atoms with Crippen LogP contribution in [0.4, 0.5) is 17.6 Å². The Morgan fingerprint density at radius 2 is 1.95 bits per heavy atom. The van der Waals surface area contributed by atoms with E-state index in [1.165, 1.54) is 12.1 Å². The van der Waals surface area contributed by atoms with Crippen molar-refractivity contribution < 1.29 is 32.2 Å². The van der Waals surface area contributed by atoms with Crippen molar-refractivity contribution in [3.05, 3.63) is 71.4 Å². The number of methoxy groups -OCH3 is 1. The quantitative estimate of drug-likeness (QED) is 0.260. The van der Waals surface area contributed by atoms with Crippen molar-refractivity contribution in [3.8, 4) is 17.6 Å². The third kappa shape index (κ3) is 7.48. The minimum absolute atomic E-state index is 0.0140. The number of likely N-dealkylation sites (tertiary alicyclic amines) is 1. The molecule has 2 aromatic carbocycles. The van der Waals surface area contributed by atoms with Crippen LogP contribution in [0.2, 0.25) is 0 Å². The lowest BCUT2D eigenvalue weighted by molar-refractivity contribution is -0.139. The van der Waals surface area contributed by atoms with E-state index < -0.39 is 23.9 Å². The highest BCUT2D eigenvalue weighted by atomic mass is 19.4. The summed E-state index contributed by atoms with van der Waals surface area (Å²) >= 11 is 0. The number of rotatable bonds is 8. The Kier molecular flexibility index (Phi) is 9.08. The first-order valence-corrected chi connectivity index (χ1v) is 12.8. The first-order chi connectivity index (χ1) is 18.6. The van der Waals surface area contributed by atoms with E-state index in [1.807, 2.05) is 0 Å². The molecule has 0 unspecified atom stereocenters. The van der Waals surface area contributed by atoms with Crippen molar-refractivity contribution >= 4 is 16.9 Å². The second-order valence-corrected chi connectivity index (χ2v) is 9.85.